The monoisotopic (exact) mass is 364 g/mol. The molecule has 0 bridgehead atoms. The van der Waals surface area contributed by atoms with E-state index in [0.717, 1.165) is 34.8 Å². The van der Waals surface area contributed by atoms with E-state index >= 15 is 0 Å². The highest BCUT2D eigenvalue weighted by Crippen LogP contribution is 2.31. The van der Waals surface area contributed by atoms with Gasteiger partial charge in [0.25, 0.3) is 0 Å². The van der Waals surface area contributed by atoms with E-state index in [1.165, 1.54) is 6.33 Å². The number of anilines is 5. The standard InChI is InChI=1S/C19H14F2N6/c20-11-6-7-13(21)16(9-11)27-19-17(22)18(24-10-25-19)26-15-5-1-4-14-12(15)3-2-8-23-14/h1-10H,22H2,(H2,24,25,26,27). The molecule has 0 aliphatic carbocycles. The zero-order valence-electron chi connectivity index (χ0n) is 13.9. The van der Waals surface area contributed by atoms with Crippen molar-refractivity contribution in [3.63, 3.8) is 0 Å². The van der Waals surface area contributed by atoms with Crippen molar-refractivity contribution in [3.05, 3.63) is 72.7 Å². The number of pyridine rings is 1. The van der Waals surface area contributed by atoms with Crippen molar-refractivity contribution in [3.8, 4) is 0 Å². The summed E-state index contributed by atoms with van der Waals surface area (Å²) in [4.78, 5) is 12.5. The fraction of sp³-hybridized carbons (Fsp3) is 0. The molecule has 4 aromatic rings. The van der Waals surface area contributed by atoms with Crippen LogP contribution in [-0.4, -0.2) is 15.0 Å². The third-order valence-corrected chi connectivity index (χ3v) is 3.96. The molecular weight excluding hydrogens is 350 g/mol. The van der Waals surface area contributed by atoms with E-state index in [1.54, 1.807) is 6.20 Å². The summed E-state index contributed by atoms with van der Waals surface area (Å²) in [5.41, 5.74) is 7.80. The van der Waals surface area contributed by atoms with E-state index in [-0.39, 0.29) is 17.2 Å². The number of nitrogens with one attached hydrogen (secondary N) is 2. The quantitative estimate of drug-likeness (QED) is 0.498. The van der Waals surface area contributed by atoms with Crippen molar-refractivity contribution in [1.29, 1.82) is 0 Å². The number of benzene rings is 2. The van der Waals surface area contributed by atoms with Crippen LogP contribution in [0.3, 0.4) is 0 Å². The molecule has 0 saturated heterocycles. The molecular formula is C19H14F2N6. The largest absolute Gasteiger partial charge is 0.393 e. The van der Waals surface area contributed by atoms with E-state index in [1.807, 2.05) is 30.3 Å². The Bertz CT molecular complexity index is 1130. The van der Waals surface area contributed by atoms with Gasteiger partial charge in [-0.05, 0) is 36.4 Å². The third-order valence-electron chi connectivity index (χ3n) is 3.96. The van der Waals surface area contributed by atoms with Gasteiger partial charge in [-0.1, -0.05) is 6.07 Å². The van der Waals surface area contributed by atoms with Crippen molar-refractivity contribution in [2.45, 2.75) is 0 Å². The number of nitrogen functional groups attached to an aromatic ring is 1. The van der Waals surface area contributed by atoms with Gasteiger partial charge in [-0.2, -0.15) is 0 Å². The highest BCUT2D eigenvalue weighted by Gasteiger charge is 2.12. The first-order chi connectivity index (χ1) is 13.1. The molecule has 4 rings (SSSR count). The lowest BCUT2D eigenvalue weighted by Gasteiger charge is -2.14. The van der Waals surface area contributed by atoms with E-state index in [2.05, 4.69) is 25.6 Å². The number of halogens is 2. The molecule has 134 valence electrons. The topological polar surface area (TPSA) is 88.8 Å². The second kappa shape index (κ2) is 6.83. The van der Waals surface area contributed by atoms with Gasteiger partial charge in [0.15, 0.2) is 11.6 Å². The van der Waals surface area contributed by atoms with Crippen molar-refractivity contribution in [1.82, 2.24) is 15.0 Å². The zero-order valence-corrected chi connectivity index (χ0v) is 13.9. The maximum atomic E-state index is 13.9. The highest BCUT2D eigenvalue weighted by atomic mass is 19.1. The maximum Gasteiger partial charge on any atom is 0.159 e. The van der Waals surface area contributed by atoms with E-state index < -0.39 is 11.6 Å². The summed E-state index contributed by atoms with van der Waals surface area (Å²) in [7, 11) is 0. The Balaban J connectivity index is 1.69. The van der Waals surface area contributed by atoms with Gasteiger partial charge in [0.1, 0.15) is 23.6 Å². The van der Waals surface area contributed by atoms with Crippen LogP contribution < -0.4 is 16.4 Å². The zero-order chi connectivity index (χ0) is 18.8. The number of nitrogens with zero attached hydrogens (tertiary/aromatic N) is 3. The summed E-state index contributed by atoms with van der Waals surface area (Å²) >= 11 is 0. The van der Waals surface area contributed by atoms with Gasteiger partial charge in [0.2, 0.25) is 0 Å². The number of hydrogen-bond acceptors (Lipinski definition) is 6. The van der Waals surface area contributed by atoms with Crippen LogP contribution >= 0.6 is 0 Å². The van der Waals surface area contributed by atoms with Crippen LogP contribution in [0.25, 0.3) is 10.9 Å². The summed E-state index contributed by atoms with van der Waals surface area (Å²) < 4.78 is 27.2. The van der Waals surface area contributed by atoms with Crippen LogP contribution in [0.4, 0.5) is 37.5 Å². The Labute approximate surface area is 153 Å². The van der Waals surface area contributed by atoms with Crippen LogP contribution in [0.15, 0.2) is 61.1 Å². The molecule has 2 heterocycles. The van der Waals surface area contributed by atoms with Gasteiger partial charge < -0.3 is 16.4 Å². The molecule has 0 spiro atoms. The average Bonchev–Trinajstić information content (AvgIpc) is 2.68. The molecule has 2 aromatic carbocycles. The number of rotatable bonds is 4. The molecule has 0 radical (unpaired) electrons. The smallest absolute Gasteiger partial charge is 0.159 e. The predicted octanol–water partition coefficient (Wildman–Crippen LogP) is 4.37. The lowest BCUT2D eigenvalue weighted by molar-refractivity contribution is 0.603. The first-order valence-electron chi connectivity index (χ1n) is 8.05. The molecule has 0 saturated carbocycles. The van der Waals surface area contributed by atoms with E-state index in [0.29, 0.717) is 5.82 Å². The first kappa shape index (κ1) is 16.6. The Morgan fingerprint density at radius 2 is 1.59 bits per heavy atom. The minimum Gasteiger partial charge on any atom is -0.393 e. The number of hydrogen-bond donors (Lipinski definition) is 3. The molecule has 4 N–H and O–H groups in total. The van der Waals surface area contributed by atoms with E-state index in [9.17, 15) is 8.78 Å². The Morgan fingerprint density at radius 1 is 0.815 bits per heavy atom. The predicted molar refractivity (Wildman–Crippen MR) is 101 cm³/mol. The summed E-state index contributed by atoms with van der Waals surface area (Å²) in [6, 6.07) is 12.5. The highest BCUT2D eigenvalue weighted by molar-refractivity contribution is 5.94. The summed E-state index contributed by atoms with van der Waals surface area (Å²) in [6.07, 6.45) is 2.99. The van der Waals surface area contributed by atoms with Crippen molar-refractivity contribution >= 4 is 39.6 Å². The van der Waals surface area contributed by atoms with Crippen molar-refractivity contribution < 1.29 is 8.78 Å². The summed E-state index contributed by atoms with van der Waals surface area (Å²) in [5, 5.41) is 6.74. The van der Waals surface area contributed by atoms with Crippen LogP contribution in [0.1, 0.15) is 0 Å². The lowest BCUT2D eigenvalue weighted by Crippen LogP contribution is -2.06. The molecule has 27 heavy (non-hydrogen) atoms. The molecule has 0 unspecified atom stereocenters. The Kier molecular flexibility index (Phi) is 4.21. The van der Waals surface area contributed by atoms with Crippen LogP contribution in [-0.2, 0) is 0 Å². The summed E-state index contributed by atoms with van der Waals surface area (Å²) in [6.45, 7) is 0. The molecule has 0 aliphatic rings. The van der Waals surface area contributed by atoms with Crippen molar-refractivity contribution in [2.24, 2.45) is 0 Å². The van der Waals surface area contributed by atoms with E-state index in [4.69, 9.17) is 5.73 Å². The molecule has 6 nitrogen and oxygen atoms in total. The number of fused-ring (bicyclic) bond motifs is 1. The Hall–Kier alpha value is -3.81. The lowest BCUT2D eigenvalue weighted by atomic mass is 10.2. The molecule has 0 fully saturated rings. The minimum atomic E-state index is -0.621. The van der Waals surface area contributed by atoms with Gasteiger partial charge in [-0.3, -0.25) is 4.98 Å². The second-order valence-electron chi connectivity index (χ2n) is 5.73. The number of nitrogens with two attached hydrogens (primary N) is 1. The fourth-order valence-electron chi connectivity index (χ4n) is 2.66. The van der Waals surface area contributed by atoms with Gasteiger partial charge >= 0.3 is 0 Å². The minimum absolute atomic E-state index is 0.0688. The Morgan fingerprint density at radius 3 is 2.41 bits per heavy atom. The molecule has 0 amide bonds. The average molecular weight is 364 g/mol. The molecule has 0 atom stereocenters. The van der Waals surface area contributed by atoms with Gasteiger partial charge in [-0.25, -0.2) is 18.7 Å². The first-order valence-corrected chi connectivity index (χ1v) is 8.05. The molecule has 2 aromatic heterocycles. The van der Waals surface area contributed by atoms with Gasteiger partial charge in [0.05, 0.1) is 11.2 Å². The van der Waals surface area contributed by atoms with Crippen molar-refractivity contribution in [2.75, 3.05) is 16.4 Å². The number of aromatic nitrogens is 3. The van der Waals surface area contributed by atoms with Gasteiger partial charge in [0, 0.05) is 23.3 Å². The second-order valence-corrected chi connectivity index (χ2v) is 5.73. The third kappa shape index (κ3) is 3.32. The van der Waals surface area contributed by atoms with Crippen LogP contribution in [0.5, 0.6) is 0 Å². The SMILES string of the molecule is Nc1c(Nc2cc(F)ccc2F)ncnc1Nc1cccc2ncccc12. The van der Waals surface area contributed by atoms with Gasteiger partial charge in [-0.15, -0.1) is 0 Å². The molecule has 8 heteroatoms. The maximum absolute atomic E-state index is 13.9. The molecule has 0 aliphatic heterocycles. The normalized spacial score (nSPS) is 10.7. The van der Waals surface area contributed by atoms with Crippen LogP contribution in [0.2, 0.25) is 0 Å². The fourth-order valence-corrected chi connectivity index (χ4v) is 2.66. The van der Waals surface area contributed by atoms with Crippen LogP contribution in [0, 0.1) is 11.6 Å². The summed E-state index contributed by atoms with van der Waals surface area (Å²) in [5.74, 6) is -0.701.